The van der Waals surface area contributed by atoms with Crippen molar-refractivity contribution >= 4 is 47.8 Å². The molecule has 3 rings (SSSR count). The van der Waals surface area contributed by atoms with E-state index in [4.69, 9.17) is 5.73 Å². The summed E-state index contributed by atoms with van der Waals surface area (Å²) in [6.45, 7) is 0. The number of hydrogen-bond acceptors (Lipinski definition) is 8. The number of amides is 1. The minimum absolute atomic E-state index is 0. The topological polar surface area (TPSA) is 127 Å². The van der Waals surface area contributed by atoms with E-state index in [1.54, 1.807) is 7.05 Å². The molecule has 9 nitrogen and oxygen atoms in total. The van der Waals surface area contributed by atoms with Crippen LogP contribution in [0.1, 0.15) is 0 Å². The van der Waals surface area contributed by atoms with Crippen LogP contribution >= 0.6 is 35.9 Å². The van der Waals surface area contributed by atoms with Gasteiger partial charge in [-0.15, -0.1) is 29.3 Å². The fraction of sp³-hybridized carbons (Fsp3) is 0.500. The summed E-state index contributed by atoms with van der Waals surface area (Å²) in [4.78, 5) is 24.6. The van der Waals surface area contributed by atoms with E-state index in [0.717, 1.165) is 0 Å². The second-order valence-electron chi connectivity index (χ2n) is 4.57. The number of aliphatic carboxylic acids is 1. The Labute approximate surface area is 140 Å². The first kappa shape index (κ1) is 17.1. The Morgan fingerprint density at radius 1 is 1.59 bits per heavy atom. The fourth-order valence-electron chi connectivity index (χ4n) is 2.19. The predicted molar refractivity (Wildman–Crippen MR) is 82.5 cm³/mol. The van der Waals surface area contributed by atoms with Crippen molar-refractivity contribution in [2.75, 3.05) is 11.5 Å². The van der Waals surface area contributed by atoms with Crippen molar-refractivity contribution in [3.05, 3.63) is 11.3 Å². The molecule has 0 aliphatic carbocycles. The van der Waals surface area contributed by atoms with Crippen molar-refractivity contribution in [3.63, 3.8) is 0 Å². The van der Waals surface area contributed by atoms with Crippen LogP contribution in [0.25, 0.3) is 0 Å². The SMILES string of the molecule is Cl.Cn1nnnc1SCC1=C(C(=O)O)N2C(=O)[C@@H](N)[C@H]2SC1. The monoisotopic (exact) mass is 364 g/mol. The molecular formula is C10H13ClN6O3S2. The third-order valence-corrected chi connectivity index (χ3v) is 5.71. The Kier molecular flexibility index (Phi) is 5.00. The number of nitrogens with zero attached hydrogens (tertiary/aromatic N) is 5. The summed E-state index contributed by atoms with van der Waals surface area (Å²) in [5.41, 5.74) is 6.42. The maximum atomic E-state index is 11.8. The molecule has 12 heteroatoms. The zero-order chi connectivity index (χ0) is 15.1. The average Bonchev–Trinajstić information content (AvgIpc) is 2.88. The molecule has 22 heavy (non-hydrogen) atoms. The first-order valence-corrected chi connectivity index (χ1v) is 8.05. The minimum Gasteiger partial charge on any atom is -0.477 e. The molecule has 0 spiro atoms. The molecule has 0 aromatic carbocycles. The maximum absolute atomic E-state index is 11.8. The third-order valence-electron chi connectivity index (χ3n) is 3.25. The molecule has 1 aromatic rings. The van der Waals surface area contributed by atoms with E-state index in [1.807, 2.05) is 0 Å². The number of tetrazole rings is 1. The van der Waals surface area contributed by atoms with Gasteiger partial charge in [0.15, 0.2) is 0 Å². The Morgan fingerprint density at radius 3 is 2.91 bits per heavy atom. The van der Waals surface area contributed by atoms with Crippen LogP contribution in [-0.2, 0) is 16.6 Å². The van der Waals surface area contributed by atoms with Crippen molar-refractivity contribution in [2.45, 2.75) is 16.6 Å². The van der Waals surface area contributed by atoms with Crippen molar-refractivity contribution in [2.24, 2.45) is 12.8 Å². The van der Waals surface area contributed by atoms with Crippen LogP contribution in [0.2, 0.25) is 0 Å². The molecular weight excluding hydrogens is 352 g/mol. The maximum Gasteiger partial charge on any atom is 0.352 e. The van der Waals surface area contributed by atoms with Gasteiger partial charge in [0.25, 0.3) is 0 Å². The number of carboxylic acid groups (broad SMARTS) is 1. The van der Waals surface area contributed by atoms with Gasteiger partial charge in [-0.2, -0.15) is 0 Å². The molecule has 120 valence electrons. The Morgan fingerprint density at radius 2 is 2.32 bits per heavy atom. The van der Waals surface area contributed by atoms with Crippen LogP contribution in [0.5, 0.6) is 0 Å². The van der Waals surface area contributed by atoms with Crippen LogP contribution < -0.4 is 5.73 Å². The predicted octanol–water partition coefficient (Wildman–Crippen LogP) is -0.695. The Bertz CT molecular complexity index is 650. The number of aromatic nitrogens is 4. The van der Waals surface area contributed by atoms with E-state index in [-0.39, 0.29) is 29.4 Å². The molecule has 1 aromatic heterocycles. The smallest absolute Gasteiger partial charge is 0.352 e. The summed E-state index contributed by atoms with van der Waals surface area (Å²) in [5, 5.41) is 20.8. The lowest BCUT2D eigenvalue weighted by Gasteiger charge is -2.48. The van der Waals surface area contributed by atoms with Gasteiger partial charge in [-0.3, -0.25) is 9.69 Å². The van der Waals surface area contributed by atoms with Gasteiger partial charge in [0.1, 0.15) is 17.1 Å². The summed E-state index contributed by atoms with van der Waals surface area (Å²) < 4.78 is 1.51. The van der Waals surface area contributed by atoms with Crippen molar-refractivity contribution < 1.29 is 14.7 Å². The van der Waals surface area contributed by atoms with Gasteiger partial charge < -0.3 is 10.8 Å². The number of thioether (sulfide) groups is 2. The minimum atomic E-state index is -1.10. The fourth-order valence-corrected chi connectivity index (χ4v) is 4.47. The number of hydrogen-bond donors (Lipinski definition) is 2. The first-order chi connectivity index (χ1) is 10.0. The van der Waals surface area contributed by atoms with Gasteiger partial charge in [-0.25, -0.2) is 9.48 Å². The Balaban J connectivity index is 0.00000176. The highest BCUT2D eigenvalue weighted by atomic mass is 35.5. The number of halogens is 1. The lowest BCUT2D eigenvalue weighted by atomic mass is 10.0. The standard InChI is InChI=1S/C10H12N6O3S2.ClH/c1-15-10(12-13-14-15)21-3-4-2-20-8-5(11)7(17)16(8)6(4)9(18)19;/h5,8H,2-3,11H2,1H3,(H,18,19);1H/t5-,8-;/m1./s1. The quantitative estimate of drug-likeness (QED) is 0.526. The summed E-state index contributed by atoms with van der Waals surface area (Å²) in [6, 6.07) is -0.610. The van der Waals surface area contributed by atoms with Crippen molar-refractivity contribution in [1.82, 2.24) is 25.1 Å². The zero-order valence-corrected chi connectivity index (χ0v) is 13.8. The third kappa shape index (κ3) is 2.69. The van der Waals surface area contributed by atoms with Crippen LogP contribution in [-0.4, -0.2) is 65.0 Å². The van der Waals surface area contributed by atoms with Crippen LogP contribution in [0.15, 0.2) is 16.4 Å². The van der Waals surface area contributed by atoms with E-state index < -0.39 is 12.0 Å². The van der Waals surface area contributed by atoms with E-state index in [1.165, 1.54) is 33.1 Å². The Hall–Kier alpha value is -1.30. The largest absolute Gasteiger partial charge is 0.477 e. The van der Waals surface area contributed by atoms with Gasteiger partial charge >= 0.3 is 5.97 Å². The molecule has 3 heterocycles. The zero-order valence-electron chi connectivity index (χ0n) is 11.4. The number of carbonyl (C=O) groups is 2. The van der Waals surface area contributed by atoms with Gasteiger partial charge in [-0.05, 0) is 16.0 Å². The normalized spacial score (nSPS) is 23.7. The molecule has 0 bridgehead atoms. The van der Waals surface area contributed by atoms with E-state index in [2.05, 4.69) is 15.5 Å². The summed E-state index contributed by atoms with van der Waals surface area (Å²) in [6.07, 6.45) is 0. The number of rotatable bonds is 4. The second kappa shape index (κ2) is 6.44. The summed E-state index contributed by atoms with van der Waals surface area (Å²) in [7, 11) is 1.71. The second-order valence-corrected chi connectivity index (χ2v) is 6.61. The van der Waals surface area contributed by atoms with Crippen LogP contribution in [0.3, 0.4) is 0 Å². The number of carboxylic acids is 1. The lowest BCUT2D eigenvalue weighted by Crippen LogP contribution is -2.68. The highest BCUT2D eigenvalue weighted by Gasteiger charge is 2.51. The molecule has 1 amide bonds. The number of nitrogens with two attached hydrogens (primary N) is 1. The van der Waals surface area contributed by atoms with Crippen LogP contribution in [0.4, 0.5) is 0 Å². The lowest BCUT2D eigenvalue weighted by molar-refractivity contribution is -0.147. The van der Waals surface area contributed by atoms with E-state index in [0.29, 0.717) is 22.2 Å². The highest BCUT2D eigenvalue weighted by Crippen LogP contribution is 2.40. The van der Waals surface area contributed by atoms with Gasteiger partial charge in [0, 0.05) is 18.6 Å². The molecule has 0 unspecified atom stereocenters. The molecule has 1 saturated heterocycles. The number of aryl methyl sites for hydroxylation is 1. The van der Waals surface area contributed by atoms with Crippen molar-refractivity contribution in [1.29, 1.82) is 0 Å². The van der Waals surface area contributed by atoms with Gasteiger partial charge in [0.2, 0.25) is 11.1 Å². The molecule has 2 aliphatic rings. The number of β-lactam (4-membered cyclic amide) rings is 1. The summed E-state index contributed by atoms with van der Waals surface area (Å²) >= 11 is 2.82. The molecule has 2 aliphatic heterocycles. The number of carbonyl (C=O) groups excluding carboxylic acids is 1. The molecule has 1 fully saturated rings. The molecule has 0 saturated carbocycles. The van der Waals surface area contributed by atoms with Crippen LogP contribution in [0, 0.1) is 0 Å². The average molecular weight is 365 g/mol. The van der Waals surface area contributed by atoms with Gasteiger partial charge in [-0.1, -0.05) is 11.8 Å². The molecule has 0 radical (unpaired) electrons. The first-order valence-electron chi connectivity index (χ1n) is 6.01. The van der Waals surface area contributed by atoms with E-state index in [9.17, 15) is 14.7 Å². The molecule has 3 N–H and O–H groups in total. The van der Waals surface area contributed by atoms with Crippen molar-refractivity contribution in [3.8, 4) is 0 Å². The summed E-state index contributed by atoms with van der Waals surface area (Å²) in [5.74, 6) is -0.504. The molecule has 2 atom stereocenters. The van der Waals surface area contributed by atoms with Gasteiger partial charge in [0.05, 0.1) is 0 Å². The van der Waals surface area contributed by atoms with E-state index >= 15 is 0 Å². The highest BCUT2D eigenvalue weighted by molar-refractivity contribution is 8.01. The number of fused-ring (bicyclic) bond motifs is 1.